The predicted octanol–water partition coefficient (Wildman–Crippen LogP) is 3.53. The first-order valence-corrected chi connectivity index (χ1v) is 16.5. The topological polar surface area (TPSA) is 144 Å². The molecule has 4 N–H and O–H groups in total. The van der Waals surface area contributed by atoms with E-state index in [9.17, 15) is 24.6 Å². The Balaban J connectivity index is 1.13. The summed E-state index contributed by atoms with van der Waals surface area (Å²) in [6.07, 6.45) is 6.09. The molecule has 3 fully saturated rings. The smallest absolute Gasteiger partial charge is 0.251 e. The molecule has 3 aliphatic rings. The molecule has 3 aromatic rings. The molecule has 1 unspecified atom stereocenters. The zero-order valence-electron chi connectivity index (χ0n) is 26.7. The maximum absolute atomic E-state index is 14.2. The summed E-state index contributed by atoms with van der Waals surface area (Å²) in [6.45, 7) is 1.70. The van der Waals surface area contributed by atoms with E-state index in [-0.39, 0.29) is 17.7 Å². The van der Waals surface area contributed by atoms with Gasteiger partial charge in [0.25, 0.3) is 11.8 Å². The van der Waals surface area contributed by atoms with Crippen LogP contribution in [0.15, 0.2) is 73.1 Å². The number of aliphatic hydroxyl groups excluding tert-OH is 2. The van der Waals surface area contributed by atoms with Gasteiger partial charge in [-0.05, 0) is 79.6 Å². The SMILES string of the molecule is CNC(=O)c1ccc(Oc2ccc(CN3CCC4(CC3)C(=O)N[C@H]([C@H](O)C3CCCCC3)C(=O)N4C(O)c3cccnc3)cc2)cc1. The summed E-state index contributed by atoms with van der Waals surface area (Å²) in [5.41, 5.74) is 0.792. The molecule has 6 rings (SSSR count). The van der Waals surface area contributed by atoms with Crippen molar-refractivity contribution in [1.82, 2.24) is 25.4 Å². The lowest BCUT2D eigenvalue weighted by atomic mass is 9.77. The van der Waals surface area contributed by atoms with Crippen molar-refractivity contribution in [3.05, 3.63) is 89.7 Å². The van der Waals surface area contributed by atoms with Gasteiger partial charge in [-0.1, -0.05) is 37.5 Å². The minimum Gasteiger partial charge on any atom is -0.457 e. The van der Waals surface area contributed by atoms with Gasteiger partial charge in [0, 0.05) is 50.2 Å². The maximum Gasteiger partial charge on any atom is 0.251 e. The van der Waals surface area contributed by atoms with Crippen LogP contribution in [0.3, 0.4) is 0 Å². The van der Waals surface area contributed by atoms with E-state index in [1.165, 1.54) is 11.1 Å². The van der Waals surface area contributed by atoms with Crippen LogP contribution in [0.25, 0.3) is 0 Å². The number of ether oxygens (including phenoxy) is 1. The van der Waals surface area contributed by atoms with Gasteiger partial charge in [-0.15, -0.1) is 0 Å². The molecular formula is C36H43N5O6. The number of aromatic nitrogens is 1. The lowest BCUT2D eigenvalue weighted by molar-refractivity contribution is -0.183. The van der Waals surface area contributed by atoms with Gasteiger partial charge in [0.15, 0.2) is 6.23 Å². The molecule has 0 bridgehead atoms. The molecule has 11 heteroatoms. The quantitative estimate of drug-likeness (QED) is 0.278. The largest absolute Gasteiger partial charge is 0.457 e. The van der Waals surface area contributed by atoms with Gasteiger partial charge < -0.3 is 25.6 Å². The normalized spacial score (nSPS) is 21.6. The lowest BCUT2D eigenvalue weighted by Gasteiger charge is -2.53. The summed E-state index contributed by atoms with van der Waals surface area (Å²) in [4.78, 5) is 47.6. The maximum atomic E-state index is 14.2. The highest BCUT2D eigenvalue weighted by molar-refractivity contribution is 6.00. The Kier molecular flexibility index (Phi) is 9.86. The second-order valence-corrected chi connectivity index (χ2v) is 12.9. The van der Waals surface area contributed by atoms with Crippen LogP contribution in [0, 0.1) is 5.92 Å². The fourth-order valence-corrected chi connectivity index (χ4v) is 7.24. The zero-order chi connectivity index (χ0) is 33.0. The predicted molar refractivity (Wildman–Crippen MR) is 174 cm³/mol. The number of likely N-dealkylation sites (tertiary alicyclic amines) is 1. The third-order valence-corrected chi connectivity index (χ3v) is 9.97. The van der Waals surface area contributed by atoms with Crippen LogP contribution in [0.4, 0.5) is 0 Å². The van der Waals surface area contributed by atoms with E-state index in [1.807, 2.05) is 24.3 Å². The average Bonchev–Trinajstić information content (AvgIpc) is 3.12. The summed E-state index contributed by atoms with van der Waals surface area (Å²) in [7, 11) is 1.59. The van der Waals surface area contributed by atoms with E-state index >= 15 is 0 Å². The molecule has 47 heavy (non-hydrogen) atoms. The fourth-order valence-electron chi connectivity index (χ4n) is 7.24. The molecule has 248 valence electrons. The number of aliphatic hydroxyl groups is 2. The number of piperidine rings is 1. The molecule has 2 saturated heterocycles. The Bertz CT molecular complexity index is 1540. The molecule has 3 amide bonds. The first kappa shape index (κ1) is 32.6. The highest BCUT2D eigenvalue weighted by Crippen LogP contribution is 2.40. The second kappa shape index (κ2) is 14.2. The Labute approximate surface area is 274 Å². The molecule has 2 aromatic carbocycles. The van der Waals surface area contributed by atoms with Crippen molar-refractivity contribution >= 4 is 17.7 Å². The summed E-state index contributed by atoms with van der Waals surface area (Å²) < 4.78 is 5.95. The van der Waals surface area contributed by atoms with Crippen molar-refractivity contribution in [2.45, 2.75) is 75.4 Å². The van der Waals surface area contributed by atoms with Crippen molar-refractivity contribution < 1.29 is 29.3 Å². The van der Waals surface area contributed by atoms with E-state index in [0.29, 0.717) is 55.1 Å². The van der Waals surface area contributed by atoms with E-state index < -0.39 is 29.8 Å². The van der Waals surface area contributed by atoms with Crippen LogP contribution in [-0.4, -0.2) is 80.5 Å². The average molecular weight is 642 g/mol. The minimum atomic E-state index is -1.37. The van der Waals surface area contributed by atoms with Gasteiger partial charge in [-0.2, -0.15) is 0 Å². The fraction of sp³-hybridized carbons (Fsp3) is 0.444. The van der Waals surface area contributed by atoms with E-state index in [0.717, 1.165) is 37.7 Å². The molecule has 3 atom stereocenters. The molecular weight excluding hydrogens is 598 g/mol. The second-order valence-electron chi connectivity index (χ2n) is 12.9. The lowest BCUT2D eigenvalue weighted by Crippen LogP contribution is -2.75. The first-order chi connectivity index (χ1) is 22.8. The van der Waals surface area contributed by atoms with Crippen LogP contribution in [-0.2, 0) is 16.1 Å². The van der Waals surface area contributed by atoms with Crippen molar-refractivity contribution in [2.24, 2.45) is 5.92 Å². The molecule has 1 saturated carbocycles. The molecule has 1 aromatic heterocycles. The van der Waals surface area contributed by atoms with Crippen LogP contribution in [0.1, 0.15) is 72.7 Å². The van der Waals surface area contributed by atoms with Gasteiger partial charge >= 0.3 is 0 Å². The van der Waals surface area contributed by atoms with Gasteiger partial charge in [-0.25, -0.2) is 0 Å². The third kappa shape index (κ3) is 6.88. The van der Waals surface area contributed by atoms with Gasteiger partial charge in [-0.3, -0.25) is 29.2 Å². The number of hydrogen-bond acceptors (Lipinski definition) is 8. The van der Waals surface area contributed by atoms with Crippen LogP contribution >= 0.6 is 0 Å². The zero-order valence-corrected chi connectivity index (χ0v) is 26.7. The monoisotopic (exact) mass is 641 g/mol. The summed E-state index contributed by atoms with van der Waals surface area (Å²) in [6, 6.07) is 17.0. The molecule has 3 heterocycles. The third-order valence-electron chi connectivity index (χ3n) is 9.97. The molecule has 2 aliphatic heterocycles. The van der Waals surface area contributed by atoms with Crippen LogP contribution < -0.4 is 15.4 Å². The Morgan fingerprint density at radius 1 is 1.00 bits per heavy atom. The summed E-state index contributed by atoms with van der Waals surface area (Å²) in [5.74, 6) is 0.281. The van der Waals surface area contributed by atoms with Gasteiger partial charge in [0.2, 0.25) is 5.91 Å². The van der Waals surface area contributed by atoms with Crippen LogP contribution in [0.5, 0.6) is 11.5 Å². The highest BCUT2D eigenvalue weighted by atomic mass is 16.5. The van der Waals surface area contributed by atoms with E-state index in [4.69, 9.17) is 4.74 Å². The minimum absolute atomic E-state index is 0.0716. The molecule has 0 radical (unpaired) electrons. The summed E-state index contributed by atoms with van der Waals surface area (Å²) in [5, 5.41) is 28.4. The highest BCUT2D eigenvalue weighted by Gasteiger charge is 2.57. The number of carbonyl (C=O) groups excluding carboxylic acids is 3. The number of rotatable bonds is 9. The van der Waals surface area contributed by atoms with E-state index in [1.54, 1.807) is 49.6 Å². The Morgan fingerprint density at radius 3 is 2.28 bits per heavy atom. The summed E-state index contributed by atoms with van der Waals surface area (Å²) >= 11 is 0. The number of nitrogens with one attached hydrogen (secondary N) is 2. The number of piperazine rings is 1. The molecule has 1 spiro atoms. The number of benzene rings is 2. The number of pyridine rings is 1. The first-order valence-electron chi connectivity index (χ1n) is 16.5. The number of nitrogens with zero attached hydrogens (tertiary/aromatic N) is 3. The van der Waals surface area contributed by atoms with Crippen molar-refractivity contribution in [3.8, 4) is 11.5 Å². The number of amides is 3. The molecule has 1 aliphatic carbocycles. The Morgan fingerprint density at radius 2 is 1.66 bits per heavy atom. The van der Waals surface area contributed by atoms with Gasteiger partial charge in [0.05, 0.1) is 6.10 Å². The number of hydrogen-bond donors (Lipinski definition) is 4. The van der Waals surface area contributed by atoms with Gasteiger partial charge in [0.1, 0.15) is 23.1 Å². The Hall–Kier alpha value is -4.32. The van der Waals surface area contributed by atoms with Crippen molar-refractivity contribution in [3.63, 3.8) is 0 Å². The van der Waals surface area contributed by atoms with Crippen LogP contribution in [0.2, 0.25) is 0 Å². The number of carbonyl (C=O) groups is 3. The molecule has 11 nitrogen and oxygen atoms in total. The van der Waals surface area contributed by atoms with Crippen molar-refractivity contribution in [1.29, 1.82) is 0 Å². The standard InChI is InChI=1S/C36H43N5O6/c1-37-32(43)26-11-15-29(16-12-26)47-28-13-9-24(10-14-28)23-40-20-17-36(18-21-40)35(46)39-30(31(42)25-6-3-2-4-7-25)34(45)41(36)33(44)27-8-5-19-38-22-27/h5,8-16,19,22,25,30-31,33,42,44H,2-4,6-7,17-18,20-21,23H2,1H3,(H,37,43)(H,39,46)/t30-,31-,33?/m1/s1. The van der Waals surface area contributed by atoms with E-state index in [2.05, 4.69) is 20.5 Å². The van der Waals surface area contributed by atoms with Crippen molar-refractivity contribution in [2.75, 3.05) is 20.1 Å².